The first-order valence-electron chi connectivity index (χ1n) is 5.81. The Morgan fingerprint density at radius 3 is 2.56 bits per heavy atom. The smallest absolute Gasteiger partial charge is 0.334 e. The van der Waals surface area contributed by atoms with Crippen molar-refractivity contribution in [2.75, 3.05) is 13.2 Å². The molecule has 0 bridgehead atoms. The van der Waals surface area contributed by atoms with E-state index in [1.165, 1.54) is 0 Å². The topological polar surface area (TPSA) is 66.8 Å². The van der Waals surface area contributed by atoms with E-state index in [1.807, 2.05) is 6.08 Å². The van der Waals surface area contributed by atoms with Gasteiger partial charge in [-0.15, -0.1) is 0 Å². The Morgan fingerprint density at radius 1 is 1.38 bits per heavy atom. The second-order valence-corrected chi connectivity index (χ2v) is 4.29. The second kappa shape index (κ2) is 6.01. The number of carbonyl (C=O) groups excluding carboxylic acids is 1. The monoisotopic (exact) mass is 228 g/mol. The lowest BCUT2D eigenvalue weighted by Gasteiger charge is -2.21. The van der Waals surface area contributed by atoms with Crippen molar-refractivity contribution >= 4 is 5.97 Å². The maximum atomic E-state index is 11.5. The summed E-state index contributed by atoms with van der Waals surface area (Å²) >= 11 is 0. The number of hydrogen-bond acceptors (Lipinski definition) is 4. The minimum absolute atomic E-state index is 0.310. The minimum atomic E-state index is -1.09. The molecule has 0 aromatic heterocycles. The van der Waals surface area contributed by atoms with E-state index in [9.17, 15) is 4.79 Å². The van der Waals surface area contributed by atoms with Crippen molar-refractivity contribution in [2.24, 2.45) is 0 Å². The maximum Gasteiger partial charge on any atom is 0.334 e. The maximum absolute atomic E-state index is 11.5. The van der Waals surface area contributed by atoms with Gasteiger partial charge in [0, 0.05) is 12.0 Å². The number of unbranched alkanes of at least 4 members (excludes halogenated alkanes) is 3. The fraction of sp³-hybridized carbons (Fsp3) is 0.750. The lowest BCUT2D eigenvalue weighted by atomic mass is 9.98. The van der Waals surface area contributed by atoms with E-state index < -0.39 is 11.6 Å². The number of esters is 1. The molecule has 0 aromatic carbocycles. The summed E-state index contributed by atoms with van der Waals surface area (Å²) < 4.78 is 5.01. The highest BCUT2D eigenvalue weighted by Crippen LogP contribution is 2.30. The molecule has 1 aliphatic rings. The molecule has 1 rings (SSSR count). The van der Waals surface area contributed by atoms with Crippen LogP contribution in [0.2, 0.25) is 0 Å². The van der Waals surface area contributed by atoms with Gasteiger partial charge in [0.2, 0.25) is 0 Å². The molecule has 0 radical (unpaired) electrons. The molecule has 0 amide bonds. The van der Waals surface area contributed by atoms with Crippen LogP contribution >= 0.6 is 0 Å². The molecule has 4 nitrogen and oxygen atoms in total. The van der Waals surface area contributed by atoms with Crippen LogP contribution in [0.15, 0.2) is 11.6 Å². The zero-order valence-corrected chi connectivity index (χ0v) is 9.74. The summed E-state index contributed by atoms with van der Waals surface area (Å²) in [5.74, 6) is -0.403. The average molecular weight is 228 g/mol. The van der Waals surface area contributed by atoms with Gasteiger partial charge in [-0.3, -0.25) is 0 Å². The van der Waals surface area contributed by atoms with Crippen LogP contribution in [0, 0.1) is 0 Å². The van der Waals surface area contributed by atoms with Crippen molar-refractivity contribution in [3.8, 4) is 0 Å². The second-order valence-electron chi connectivity index (χ2n) is 4.29. The highest BCUT2D eigenvalue weighted by molar-refractivity contribution is 5.91. The van der Waals surface area contributed by atoms with Crippen LogP contribution in [0.1, 0.15) is 39.0 Å². The van der Waals surface area contributed by atoms with Crippen LogP contribution in [0.3, 0.4) is 0 Å². The molecule has 1 aliphatic heterocycles. The molecule has 0 spiro atoms. The number of rotatable bonds is 6. The Hall–Kier alpha value is -0.870. The number of allylic oxidation sites excluding steroid dienone is 1. The molecule has 1 saturated heterocycles. The van der Waals surface area contributed by atoms with Crippen LogP contribution in [0.4, 0.5) is 0 Å². The number of ether oxygens (including phenoxy) is 1. The predicted octanol–water partition coefficient (Wildman–Crippen LogP) is 1.16. The third-order valence-corrected chi connectivity index (χ3v) is 2.86. The van der Waals surface area contributed by atoms with Crippen LogP contribution in [-0.4, -0.2) is 35.0 Å². The van der Waals surface area contributed by atoms with Crippen molar-refractivity contribution in [1.29, 1.82) is 0 Å². The summed E-state index contributed by atoms with van der Waals surface area (Å²) in [7, 11) is 0. The predicted molar refractivity (Wildman–Crippen MR) is 59.8 cm³/mol. The zero-order chi connectivity index (χ0) is 12.0. The molecule has 1 fully saturated rings. The lowest BCUT2D eigenvalue weighted by Crippen LogP contribution is -2.37. The van der Waals surface area contributed by atoms with Crippen molar-refractivity contribution in [3.05, 3.63) is 11.6 Å². The van der Waals surface area contributed by atoms with E-state index in [2.05, 4.69) is 6.92 Å². The summed E-state index contributed by atoms with van der Waals surface area (Å²) in [6.07, 6.45) is 6.37. The molecule has 0 atom stereocenters. The molecule has 2 N–H and O–H groups in total. The van der Waals surface area contributed by atoms with Crippen LogP contribution < -0.4 is 0 Å². The zero-order valence-electron chi connectivity index (χ0n) is 9.74. The third kappa shape index (κ3) is 3.06. The Labute approximate surface area is 95.9 Å². The molecular formula is C12H20O4. The Kier molecular flexibility index (Phi) is 4.96. The highest BCUT2D eigenvalue weighted by Gasteiger charge is 2.42. The summed E-state index contributed by atoms with van der Waals surface area (Å²) in [4.78, 5) is 11.5. The summed E-state index contributed by atoms with van der Waals surface area (Å²) in [6.45, 7) is 1.46. The molecule has 0 saturated carbocycles. The van der Waals surface area contributed by atoms with Gasteiger partial charge in [-0.05, 0) is 12.8 Å². The summed E-state index contributed by atoms with van der Waals surface area (Å²) in [6, 6.07) is 0. The Morgan fingerprint density at radius 2 is 2.06 bits per heavy atom. The molecule has 0 unspecified atom stereocenters. The minimum Gasteiger partial charge on any atom is -0.450 e. The average Bonchev–Trinajstić information content (AvgIpc) is 2.63. The molecule has 0 aliphatic carbocycles. The number of carbonyl (C=O) groups is 1. The van der Waals surface area contributed by atoms with E-state index in [0.29, 0.717) is 12.0 Å². The number of hydrogen-bond donors (Lipinski definition) is 2. The first-order valence-corrected chi connectivity index (χ1v) is 5.81. The number of cyclic esters (lactones) is 1. The van der Waals surface area contributed by atoms with E-state index in [4.69, 9.17) is 14.9 Å². The Balaban J connectivity index is 2.53. The highest BCUT2D eigenvalue weighted by atomic mass is 16.6. The molecule has 0 aromatic rings. The first kappa shape index (κ1) is 13.2. The molecule has 1 heterocycles. The van der Waals surface area contributed by atoms with Crippen molar-refractivity contribution in [3.63, 3.8) is 0 Å². The largest absolute Gasteiger partial charge is 0.450 e. The SMILES string of the molecule is CCCCC/C=C1\CC(CO)(CO)OC1=O. The molecule has 16 heavy (non-hydrogen) atoms. The molecule has 92 valence electrons. The van der Waals surface area contributed by atoms with Gasteiger partial charge in [-0.1, -0.05) is 25.8 Å². The van der Waals surface area contributed by atoms with E-state index >= 15 is 0 Å². The van der Waals surface area contributed by atoms with Crippen LogP contribution in [0.25, 0.3) is 0 Å². The summed E-state index contributed by atoms with van der Waals surface area (Å²) in [5.41, 5.74) is -0.507. The fourth-order valence-corrected chi connectivity index (χ4v) is 1.77. The van der Waals surface area contributed by atoms with E-state index in [0.717, 1.165) is 25.7 Å². The van der Waals surface area contributed by atoms with Crippen LogP contribution in [0.5, 0.6) is 0 Å². The van der Waals surface area contributed by atoms with Gasteiger partial charge in [0.05, 0.1) is 13.2 Å². The van der Waals surface area contributed by atoms with Gasteiger partial charge < -0.3 is 14.9 Å². The number of aliphatic hydroxyl groups is 2. The van der Waals surface area contributed by atoms with E-state index in [1.54, 1.807) is 0 Å². The normalized spacial score (nSPS) is 21.4. The molecular weight excluding hydrogens is 208 g/mol. The third-order valence-electron chi connectivity index (χ3n) is 2.86. The van der Waals surface area contributed by atoms with Crippen molar-refractivity contribution in [1.82, 2.24) is 0 Å². The van der Waals surface area contributed by atoms with Gasteiger partial charge in [0.15, 0.2) is 5.60 Å². The fourth-order valence-electron chi connectivity index (χ4n) is 1.77. The van der Waals surface area contributed by atoms with Crippen molar-refractivity contribution < 1.29 is 19.7 Å². The summed E-state index contributed by atoms with van der Waals surface area (Å²) in [5, 5.41) is 18.2. The van der Waals surface area contributed by atoms with Gasteiger partial charge in [0.1, 0.15) is 0 Å². The van der Waals surface area contributed by atoms with Gasteiger partial charge in [-0.25, -0.2) is 4.79 Å². The first-order chi connectivity index (χ1) is 7.67. The van der Waals surface area contributed by atoms with Gasteiger partial charge >= 0.3 is 5.97 Å². The van der Waals surface area contributed by atoms with E-state index in [-0.39, 0.29) is 13.2 Å². The van der Waals surface area contributed by atoms with Gasteiger partial charge in [0.25, 0.3) is 0 Å². The van der Waals surface area contributed by atoms with Gasteiger partial charge in [-0.2, -0.15) is 0 Å². The number of aliphatic hydroxyl groups excluding tert-OH is 2. The quantitative estimate of drug-likeness (QED) is 0.407. The van der Waals surface area contributed by atoms with Crippen molar-refractivity contribution in [2.45, 2.75) is 44.6 Å². The lowest BCUT2D eigenvalue weighted by molar-refractivity contribution is -0.154. The molecule has 4 heteroatoms. The van der Waals surface area contributed by atoms with Crippen LogP contribution in [-0.2, 0) is 9.53 Å². The standard InChI is InChI=1S/C12H20O4/c1-2-3-4-5-6-10-7-12(8-13,9-14)16-11(10)15/h6,13-14H,2-5,7-9H2,1H3/b10-6+. The Bertz CT molecular complexity index is 266.